The molecule has 0 spiro atoms. The predicted molar refractivity (Wildman–Crippen MR) is 87.1 cm³/mol. The largest absolute Gasteiger partial charge is 0.360 e. The van der Waals surface area contributed by atoms with E-state index in [1.807, 2.05) is 24.3 Å². The first-order valence-electron chi connectivity index (χ1n) is 7.90. The number of aromatic nitrogens is 3. The fourth-order valence-corrected chi connectivity index (χ4v) is 2.44. The minimum atomic E-state index is -0.234. The summed E-state index contributed by atoms with van der Waals surface area (Å²) in [6.07, 6.45) is 7.48. The van der Waals surface area contributed by atoms with Crippen molar-refractivity contribution in [1.82, 2.24) is 20.4 Å². The van der Waals surface area contributed by atoms with E-state index in [1.54, 1.807) is 24.7 Å². The van der Waals surface area contributed by atoms with Crippen LogP contribution in [0.25, 0.3) is 11.3 Å². The van der Waals surface area contributed by atoms with Gasteiger partial charge in [0.15, 0.2) is 5.69 Å². The molecule has 24 heavy (non-hydrogen) atoms. The van der Waals surface area contributed by atoms with Gasteiger partial charge in [0.05, 0.1) is 5.69 Å². The van der Waals surface area contributed by atoms with E-state index in [1.165, 1.54) is 0 Å². The van der Waals surface area contributed by atoms with E-state index in [2.05, 4.69) is 20.4 Å². The summed E-state index contributed by atoms with van der Waals surface area (Å²) in [7, 11) is 0. The van der Waals surface area contributed by atoms with Crippen LogP contribution in [0.5, 0.6) is 0 Å². The zero-order valence-corrected chi connectivity index (χ0v) is 13.0. The Morgan fingerprint density at radius 3 is 2.88 bits per heavy atom. The third-order valence-electron chi connectivity index (χ3n) is 3.98. The molecule has 0 saturated heterocycles. The van der Waals surface area contributed by atoms with Gasteiger partial charge < -0.3 is 9.84 Å². The van der Waals surface area contributed by atoms with Crippen molar-refractivity contribution in [3.05, 3.63) is 65.9 Å². The fourth-order valence-electron chi connectivity index (χ4n) is 2.44. The standard InChI is InChI=1S/C18H16N4O2/c23-18(16-8-17(24-22-16)13-4-5-13)21-10-12-3-6-15(20-9-12)14-2-1-7-19-11-14/h1-3,6-9,11,13H,4-5,10H2,(H,21,23). The van der Waals surface area contributed by atoms with Crippen LogP contribution in [-0.2, 0) is 6.54 Å². The molecule has 1 aliphatic rings. The maximum atomic E-state index is 12.1. The zero-order valence-electron chi connectivity index (χ0n) is 13.0. The molecule has 1 fully saturated rings. The lowest BCUT2D eigenvalue weighted by molar-refractivity contribution is 0.0941. The van der Waals surface area contributed by atoms with Crippen molar-refractivity contribution in [2.45, 2.75) is 25.3 Å². The first-order chi connectivity index (χ1) is 11.8. The van der Waals surface area contributed by atoms with Crippen molar-refractivity contribution in [3.63, 3.8) is 0 Å². The van der Waals surface area contributed by atoms with Gasteiger partial charge in [0.2, 0.25) is 0 Å². The molecule has 120 valence electrons. The third-order valence-corrected chi connectivity index (χ3v) is 3.98. The molecule has 0 bridgehead atoms. The van der Waals surface area contributed by atoms with Crippen molar-refractivity contribution in [2.24, 2.45) is 0 Å². The lowest BCUT2D eigenvalue weighted by atomic mass is 10.1. The van der Waals surface area contributed by atoms with Gasteiger partial charge in [-0.3, -0.25) is 14.8 Å². The maximum Gasteiger partial charge on any atom is 0.273 e. The van der Waals surface area contributed by atoms with Gasteiger partial charge in [0.1, 0.15) is 5.76 Å². The highest BCUT2D eigenvalue weighted by Crippen LogP contribution is 2.40. The summed E-state index contributed by atoms with van der Waals surface area (Å²) in [6.45, 7) is 0.394. The summed E-state index contributed by atoms with van der Waals surface area (Å²) in [4.78, 5) is 20.6. The zero-order chi connectivity index (χ0) is 16.4. The molecule has 0 aliphatic heterocycles. The molecule has 1 amide bonds. The Balaban J connectivity index is 1.37. The number of amides is 1. The monoisotopic (exact) mass is 320 g/mol. The molecule has 0 aromatic carbocycles. The quantitative estimate of drug-likeness (QED) is 0.781. The highest BCUT2D eigenvalue weighted by molar-refractivity contribution is 5.92. The van der Waals surface area contributed by atoms with E-state index in [9.17, 15) is 4.79 Å². The van der Waals surface area contributed by atoms with Crippen LogP contribution in [0.3, 0.4) is 0 Å². The number of rotatable bonds is 5. The Morgan fingerprint density at radius 2 is 2.17 bits per heavy atom. The Morgan fingerprint density at radius 1 is 1.25 bits per heavy atom. The van der Waals surface area contributed by atoms with Crippen molar-refractivity contribution < 1.29 is 9.32 Å². The number of pyridine rings is 2. The Bertz CT molecular complexity index is 839. The van der Waals surface area contributed by atoms with Crippen LogP contribution in [-0.4, -0.2) is 21.0 Å². The molecule has 4 rings (SSSR count). The van der Waals surface area contributed by atoms with E-state index in [0.717, 1.165) is 35.4 Å². The van der Waals surface area contributed by atoms with E-state index >= 15 is 0 Å². The van der Waals surface area contributed by atoms with E-state index in [-0.39, 0.29) is 5.91 Å². The summed E-state index contributed by atoms with van der Waals surface area (Å²) in [6, 6.07) is 9.42. The fraction of sp³-hybridized carbons (Fsp3) is 0.222. The second-order valence-electron chi connectivity index (χ2n) is 5.86. The number of nitrogens with zero attached hydrogens (tertiary/aromatic N) is 3. The van der Waals surface area contributed by atoms with Gasteiger partial charge in [-0.25, -0.2) is 0 Å². The molecule has 1 saturated carbocycles. The molecule has 6 nitrogen and oxygen atoms in total. The summed E-state index contributed by atoms with van der Waals surface area (Å²) < 4.78 is 5.20. The molecular weight excluding hydrogens is 304 g/mol. The molecule has 0 unspecified atom stereocenters. The highest BCUT2D eigenvalue weighted by Gasteiger charge is 2.28. The van der Waals surface area contributed by atoms with E-state index < -0.39 is 0 Å². The lowest BCUT2D eigenvalue weighted by Gasteiger charge is -2.04. The molecule has 0 radical (unpaired) electrons. The van der Waals surface area contributed by atoms with Crippen LogP contribution in [0, 0.1) is 0 Å². The van der Waals surface area contributed by atoms with Gasteiger partial charge in [-0.05, 0) is 36.6 Å². The van der Waals surface area contributed by atoms with E-state index in [4.69, 9.17) is 4.52 Å². The molecule has 3 aromatic heterocycles. The van der Waals surface area contributed by atoms with Crippen LogP contribution in [0.15, 0.2) is 53.4 Å². The van der Waals surface area contributed by atoms with Gasteiger partial charge in [-0.1, -0.05) is 11.2 Å². The average Bonchev–Trinajstić information content (AvgIpc) is 3.38. The van der Waals surface area contributed by atoms with Crippen molar-refractivity contribution >= 4 is 5.91 Å². The van der Waals surface area contributed by atoms with Gasteiger partial charge in [0.25, 0.3) is 5.91 Å². The minimum absolute atomic E-state index is 0.234. The molecule has 1 N–H and O–H groups in total. The number of nitrogens with one attached hydrogen (secondary N) is 1. The average molecular weight is 320 g/mol. The maximum absolute atomic E-state index is 12.1. The minimum Gasteiger partial charge on any atom is -0.360 e. The number of hydrogen-bond acceptors (Lipinski definition) is 5. The normalized spacial score (nSPS) is 13.7. The first kappa shape index (κ1) is 14.6. The second kappa shape index (κ2) is 6.23. The Kier molecular flexibility index (Phi) is 3.78. The number of carbonyl (C=O) groups is 1. The van der Waals surface area contributed by atoms with Gasteiger partial charge in [0, 0.05) is 42.7 Å². The van der Waals surface area contributed by atoms with Crippen molar-refractivity contribution in [1.29, 1.82) is 0 Å². The SMILES string of the molecule is O=C(NCc1ccc(-c2cccnc2)nc1)c1cc(C2CC2)on1. The lowest BCUT2D eigenvalue weighted by Crippen LogP contribution is -2.23. The van der Waals surface area contributed by atoms with Crippen LogP contribution >= 0.6 is 0 Å². The number of carbonyl (C=O) groups excluding carboxylic acids is 1. The van der Waals surface area contributed by atoms with Crippen LogP contribution in [0.4, 0.5) is 0 Å². The Hall–Kier alpha value is -3.02. The second-order valence-corrected chi connectivity index (χ2v) is 5.86. The smallest absolute Gasteiger partial charge is 0.273 e. The van der Waals surface area contributed by atoms with Crippen molar-refractivity contribution in [3.8, 4) is 11.3 Å². The summed E-state index contributed by atoms with van der Waals surface area (Å²) >= 11 is 0. The summed E-state index contributed by atoms with van der Waals surface area (Å²) in [5.74, 6) is 1.02. The molecule has 1 aliphatic carbocycles. The van der Waals surface area contributed by atoms with Crippen molar-refractivity contribution in [2.75, 3.05) is 0 Å². The highest BCUT2D eigenvalue weighted by atomic mass is 16.5. The molecule has 0 atom stereocenters. The summed E-state index contributed by atoms with van der Waals surface area (Å²) in [5.41, 5.74) is 3.06. The topological polar surface area (TPSA) is 80.9 Å². The number of hydrogen-bond donors (Lipinski definition) is 1. The predicted octanol–water partition coefficient (Wildman–Crippen LogP) is 2.94. The Labute approximate surface area is 138 Å². The van der Waals surface area contributed by atoms with Gasteiger partial charge in [-0.15, -0.1) is 0 Å². The van der Waals surface area contributed by atoms with Gasteiger partial charge in [-0.2, -0.15) is 0 Å². The van der Waals surface area contributed by atoms with Crippen LogP contribution < -0.4 is 5.32 Å². The molecule has 3 aromatic rings. The van der Waals surface area contributed by atoms with Crippen LogP contribution in [0.2, 0.25) is 0 Å². The molecular formula is C18H16N4O2. The van der Waals surface area contributed by atoms with E-state index in [0.29, 0.717) is 18.2 Å². The van der Waals surface area contributed by atoms with Gasteiger partial charge >= 0.3 is 0 Å². The molecule has 3 heterocycles. The first-order valence-corrected chi connectivity index (χ1v) is 7.90. The van der Waals surface area contributed by atoms with Crippen LogP contribution in [0.1, 0.15) is 40.6 Å². The third kappa shape index (κ3) is 3.17. The summed E-state index contributed by atoms with van der Waals surface area (Å²) in [5, 5.41) is 6.67. The molecule has 6 heteroatoms.